The SMILES string of the molecule is NCCOP(=O)(O)O[C@@H](CO)[C@H]1O[C@H](O[C@@H]2[C@H](O)[C@@H](O[C@H]3[C@@H]([C@H](O)CO)O[C@@](O)(C(=O)O)C[C@H]3OP(=O)(O)OP(=O)(O)OCCN)O[C@H]([C@@H](O)CO)[C@H]2O[C@@H]2O[C@H](CO)[C@@H](O)[C@H](O)[C@H]2O)[C@@H](O[C@H]2O[C@H]([C@@H](O)CO)[C@@H](O)[C@H](O)[C@@H]2O[C@@H]2O[C@H](CO)[C@H](O)[C@H](O)[C@H]2O)[C@@H](O[C@H]2O[C@H](CO)[C@@H](O)[C@H](O[C@H]3O[C@H](CO)[C@@H](O[C@@H]4O[C@H](CO)[C@H](O[C@H]5O[C@H](CO)[C@H](O)[C@H](O)[C@H]5O)[C@H](O)[C@H]4O)[C@H](O)[C@H]3O)[C@H]2O)[C@@H]1O. The van der Waals surface area contributed by atoms with E-state index in [9.17, 15) is 207 Å². The number of aliphatic hydroxyl groups is 33. The highest BCUT2D eigenvalue weighted by Gasteiger charge is 2.66. The molecule has 0 aromatic heterocycles. The second kappa shape index (κ2) is 51.0. The van der Waals surface area contributed by atoms with Crippen molar-refractivity contribution in [2.75, 3.05) is 92.4 Å². The lowest BCUT2D eigenvalue weighted by Gasteiger charge is -2.53. The highest BCUT2D eigenvalue weighted by atomic mass is 31.3. The van der Waals surface area contributed by atoms with Crippen LogP contribution in [0.15, 0.2) is 0 Å². The van der Waals surface area contributed by atoms with Crippen molar-refractivity contribution in [1.82, 2.24) is 0 Å². The minimum Gasteiger partial charge on any atom is -0.477 e. The zero-order valence-corrected chi connectivity index (χ0v) is 74.8. The Morgan fingerprint density at radius 3 is 1.08 bits per heavy atom. The summed E-state index contributed by atoms with van der Waals surface area (Å²) in [4.78, 5) is 45.7. The molecule has 0 aliphatic carbocycles. The number of carbonyl (C=O) groups is 1. The van der Waals surface area contributed by atoms with Crippen molar-refractivity contribution >= 4 is 29.4 Å². The van der Waals surface area contributed by atoms with E-state index in [-0.39, 0.29) is 0 Å². The first-order valence-electron chi connectivity index (χ1n) is 42.6. The van der Waals surface area contributed by atoms with Crippen LogP contribution in [0.3, 0.4) is 0 Å². The molecule has 67 nitrogen and oxygen atoms in total. The normalized spacial score (nSPS) is 47.6. The number of carboxylic acids is 1. The number of ether oxygens (including phenoxy) is 19. The van der Waals surface area contributed by atoms with Gasteiger partial charge in [0, 0.05) is 19.5 Å². The predicted molar refractivity (Wildman–Crippen MR) is 417 cm³/mol. The van der Waals surface area contributed by atoms with Crippen molar-refractivity contribution in [2.45, 2.75) is 331 Å². The maximum atomic E-state index is 14.0. The van der Waals surface area contributed by atoms with Gasteiger partial charge < -0.3 is 290 Å². The number of nitrogens with two attached hydrogens (primary N) is 2. The van der Waals surface area contributed by atoms with Gasteiger partial charge in [-0.05, 0) is 0 Å². The predicted octanol–water partition coefficient (Wildman–Crippen LogP) is -24.6. The van der Waals surface area contributed by atoms with E-state index in [1.54, 1.807) is 0 Å². The van der Waals surface area contributed by atoms with Gasteiger partial charge in [0.25, 0.3) is 5.79 Å². The van der Waals surface area contributed by atoms with Crippen LogP contribution in [0.2, 0.25) is 0 Å². The first-order chi connectivity index (χ1) is 65.4. The Morgan fingerprint density at radius 1 is 0.317 bits per heavy atom. The van der Waals surface area contributed by atoms with E-state index in [0.29, 0.717) is 0 Å². The van der Waals surface area contributed by atoms with Crippen LogP contribution in [0.1, 0.15) is 6.42 Å². The molecule has 0 aromatic rings. The van der Waals surface area contributed by atoms with Crippen molar-refractivity contribution in [3.05, 3.63) is 0 Å². The van der Waals surface area contributed by atoms with Crippen molar-refractivity contribution in [3.63, 3.8) is 0 Å². The molecule has 10 rings (SSSR count). The van der Waals surface area contributed by atoms with Crippen molar-refractivity contribution in [3.8, 4) is 0 Å². The van der Waals surface area contributed by atoms with Crippen LogP contribution in [-0.4, -0.2) is 612 Å². The summed E-state index contributed by atoms with van der Waals surface area (Å²) in [7, 11) is -18.2. The number of aliphatic carboxylic acids is 1. The molecule has 10 saturated heterocycles. The average Bonchev–Trinajstić information content (AvgIpc) is 0.746. The molecule has 0 bridgehead atoms. The summed E-state index contributed by atoms with van der Waals surface area (Å²) in [6.07, 6.45) is -136. The molecule has 0 saturated carbocycles. The van der Waals surface area contributed by atoms with E-state index < -0.39 is 453 Å². The lowest BCUT2D eigenvalue weighted by Crippen LogP contribution is -2.72. The summed E-state index contributed by atoms with van der Waals surface area (Å²) in [6, 6.07) is 0. The van der Waals surface area contributed by atoms with Crippen LogP contribution in [-0.2, 0) is 131 Å². The van der Waals surface area contributed by atoms with Crippen LogP contribution >= 0.6 is 23.5 Å². The molecule has 10 aliphatic rings. The maximum absolute atomic E-state index is 14.0. The number of carboxylic acid groups (broad SMARTS) is 1. The van der Waals surface area contributed by atoms with Crippen molar-refractivity contribution in [1.29, 1.82) is 0 Å². The van der Waals surface area contributed by atoms with Gasteiger partial charge >= 0.3 is 29.4 Å². The fraction of sp³-hybridized carbons (Fsp3) is 0.986. The van der Waals surface area contributed by atoms with Gasteiger partial charge in [0.1, 0.15) is 262 Å². The molecule has 0 spiro atoms. The molecule has 139 heavy (non-hydrogen) atoms. The molecule has 0 aromatic carbocycles. The standard InChI is InChI=1S/C69H123N2O65P3/c70-1-3-113-137(107,108)135-26(15-81)51-43(101)54(128-64-44(102)53(30(88)23(12-78)118-64)127-63-42(100)37(95)50(25(14-80)120-63)124-62-41(99)36(94)49(24(13-79)119-62)123-59-38(96)31(89)27(85)20(9-75)115-59)58(132-66-56(35(93)34(92)46(121-66)16(82)6-72)130-60-39(97)32(90)28(86)21(10-76)116-60)67(125-51)129-55-45(103)65(122-47(17(83)7-73)57(55)131-61-40(98)33(91)29(87)22(11-77)117-61)126-52-19(134-139(111,112)136-138(109,110)114-4-2-71)5-69(106,68(104)105)133-48(52)18(84)8-74/h16-67,72-103,106H,1-15,70-71H2,(H,104,105)(H,107,108)(H,109,110)(H,111,112)/t16-,17-,18+,19+,20+,21+,22+,23+,24+,25+,26-,27-,28-,29+,30+,31-,32-,33-,34-,35-,36+,37+,38+,39+,40+,41+,42+,43+,44+,45-,46+,47+,48+,49-,50+,51+,52+,53-,54-,55+,56-,57+,58-,59+,60-,61-,62-,63+,64+,65+,66+,67+,69+/m0/s1. The zero-order valence-electron chi connectivity index (χ0n) is 72.1. The van der Waals surface area contributed by atoms with Gasteiger partial charge in [0.2, 0.25) is 0 Å². The Bertz CT molecular complexity index is 3880. The summed E-state index contributed by atoms with van der Waals surface area (Å²) >= 11 is 0. The van der Waals surface area contributed by atoms with Gasteiger partial charge in [-0.1, -0.05) is 0 Å². The van der Waals surface area contributed by atoms with Gasteiger partial charge in [-0.2, -0.15) is 4.31 Å². The van der Waals surface area contributed by atoms with E-state index in [1.807, 2.05) is 0 Å². The number of hydrogen-bond donors (Lipinski definition) is 39. The Kier molecular flexibility index (Phi) is 43.5. The van der Waals surface area contributed by atoms with E-state index in [4.69, 9.17) is 115 Å². The number of hydrogen-bond acceptors (Lipinski definition) is 63. The number of rotatable bonds is 45. The van der Waals surface area contributed by atoms with E-state index in [2.05, 4.69) is 8.83 Å². The van der Waals surface area contributed by atoms with Crippen LogP contribution in [0.5, 0.6) is 0 Å². The average molecular weight is 2110 g/mol. The third kappa shape index (κ3) is 27.0. The third-order valence-electron chi connectivity index (χ3n) is 23.9. The van der Waals surface area contributed by atoms with Crippen LogP contribution < -0.4 is 11.5 Å². The fourth-order valence-electron chi connectivity index (χ4n) is 16.5. The van der Waals surface area contributed by atoms with E-state index in [1.165, 1.54) is 0 Å². The third-order valence-corrected chi connectivity index (χ3v) is 27.6. The molecule has 3 unspecified atom stereocenters. The largest absolute Gasteiger partial charge is 0.481 e. The van der Waals surface area contributed by atoms with Crippen LogP contribution in [0.25, 0.3) is 0 Å². The van der Waals surface area contributed by atoms with Crippen molar-refractivity contribution < 1.29 is 319 Å². The van der Waals surface area contributed by atoms with Gasteiger partial charge in [-0.25, -0.2) is 18.5 Å². The molecule has 0 radical (unpaired) electrons. The molecule has 0 amide bonds. The smallest absolute Gasteiger partial charge is 0.477 e. The highest BCUT2D eigenvalue weighted by molar-refractivity contribution is 7.61. The van der Waals surface area contributed by atoms with Gasteiger partial charge in [-0.15, -0.1) is 0 Å². The monoisotopic (exact) mass is 2110 g/mol. The molecule has 56 atom stereocenters. The van der Waals surface area contributed by atoms with Gasteiger partial charge in [0.15, 0.2) is 56.6 Å². The summed E-state index contributed by atoms with van der Waals surface area (Å²) in [5.41, 5.74) is 10.9. The minimum atomic E-state index is -6.47. The summed E-state index contributed by atoms with van der Waals surface area (Å²) in [5, 5.41) is 383. The Morgan fingerprint density at radius 2 is 0.640 bits per heavy atom. The van der Waals surface area contributed by atoms with Crippen molar-refractivity contribution in [2.24, 2.45) is 11.5 Å². The molecule has 70 heteroatoms. The van der Waals surface area contributed by atoms with E-state index in [0.717, 1.165) is 0 Å². The summed E-state index contributed by atoms with van der Waals surface area (Å²) < 4.78 is 177. The molecule has 10 fully saturated rings. The first kappa shape index (κ1) is 119. The molecule has 10 heterocycles. The van der Waals surface area contributed by atoms with Crippen LogP contribution in [0.4, 0.5) is 0 Å². The first-order valence-corrected chi connectivity index (χ1v) is 47.1. The Balaban J connectivity index is 1.12. The van der Waals surface area contributed by atoms with E-state index >= 15 is 0 Å². The van der Waals surface area contributed by atoms with Gasteiger partial charge in [0.05, 0.1) is 79.3 Å². The molecular formula is C69H123N2O65P3. The Hall–Kier alpha value is -2.32. The minimum absolute atomic E-state index is 0.592. The number of aliphatic hydroxyl groups excluding tert-OH is 32. The Labute approximate surface area is 781 Å². The van der Waals surface area contributed by atoms with Crippen LogP contribution in [0, 0.1) is 0 Å². The quantitative estimate of drug-likeness (QED) is 0.0252. The molecule has 10 aliphatic heterocycles. The lowest BCUT2D eigenvalue weighted by atomic mass is 9.91. The molecule has 814 valence electrons. The zero-order chi connectivity index (χ0) is 103. The second-order valence-corrected chi connectivity index (χ2v) is 37.7. The lowest BCUT2D eigenvalue weighted by molar-refractivity contribution is -0.429. The second-order valence-electron chi connectivity index (χ2n) is 33.3. The number of phosphoric ester groups is 3. The molecular weight excluding hydrogens is 1990 g/mol. The fourth-order valence-corrected chi connectivity index (χ4v) is 19.7. The summed E-state index contributed by atoms with van der Waals surface area (Å²) in [6.45, 7) is -17.3. The maximum Gasteiger partial charge on any atom is 0.481 e. The van der Waals surface area contributed by atoms with Gasteiger partial charge in [-0.3, -0.25) is 18.1 Å². The topological polar surface area (TPSA) is 1090 Å². The molecule has 41 N–H and O–H groups in total. The number of phosphoric acid groups is 3. The summed E-state index contributed by atoms with van der Waals surface area (Å²) in [5.74, 6) is -6.32. The highest BCUT2D eigenvalue weighted by Crippen LogP contribution is 2.62.